The number of rotatable bonds is 8. The van der Waals surface area contributed by atoms with Crippen LogP contribution in [0.4, 0.5) is 11.6 Å². The van der Waals surface area contributed by atoms with Crippen LogP contribution in [0.25, 0.3) is 0 Å². The van der Waals surface area contributed by atoms with Crippen LogP contribution in [-0.4, -0.2) is 41.4 Å². The minimum atomic E-state index is -0.548. The summed E-state index contributed by atoms with van der Waals surface area (Å²) in [4.78, 5) is 32.7. The molecule has 0 aromatic carbocycles. The molecule has 1 aliphatic rings. The maximum atomic E-state index is 11.2. The van der Waals surface area contributed by atoms with E-state index in [1.54, 1.807) is 6.07 Å². The first kappa shape index (κ1) is 15.0. The van der Waals surface area contributed by atoms with Gasteiger partial charge in [-0.25, -0.2) is 9.97 Å². The Morgan fingerprint density at radius 2 is 1.90 bits per heavy atom. The van der Waals surface area contributed by atoms with Crippen molar-refractivity contribution in [2.45, 2.75) is 25.7 Å². The number of nitrogens with two attached hydrogens (primary N) is 2. The highest BCUT2D eigenvalue weighted by Crippen LogP contribution is 2.39. The Balaban J connectivity index is 2.32. The van der Waals surface area contributed by atoms with Gasteiger partial charge in [-0.3, -0.25) is 9.59 Å². The van der Waals surface area contributed by atoms with E-state index in [0.717, 1.165) is 18.7 Å². The van der Waals surface area contributed by atoms with Gasteiger partial charge in [0.25, 0.3) is 0 Å². The van der Waals surface area contributed by atoms with E-state index >= 15 is 0 Å². The van der Waals surface area contributed by atoms with Gasteiger partial charge in [-0.05, 0) is 19.8 Å². The molecule has 8 heteroatoms. The molecule has 1 aromatic rings. The van der Waals surface area contributed by atoms with E-state index in [2.05, 4.69) is 15.3 Å². The summed E-state index contributed by atoms with van der Waals surface area (Å²) in [6.45, 7) is 2.45. The fraction of sp³-hybridized carbons (Fsp3) is 0.538. The van der Waals surface area contributed by atoms with Crippen LogP contribution in [0.2, 0.25) is 0 Å². The molecule has 0 spiro atoms. The lowest BCUT2D eigenvalue weighted by Crippen LogP contribution is -2.40. The van der Waals surface area contributed by atoms with Gasteiger partial charge < -0.3 is 21.7 Å². The molecular weight excluding hydrogens is 272 g/mol. The molecule has 0 unspecified atom stereocenters. The van der Waals surface area contributed by atoms with E-state index in [1.807, 2.05) is 6.92 Å². The number of nitrogens with one attached hydrogen (secondary N) is 1. The van der Waals surface area contributed by atoms with Crippen LogP contribution >= 0.6 is 0 Å². The first-order valence-corrected chi connectivity index (χ1v) is 6.94. The molecular formula is C13H20N6O2. The summed E-state index contributed by atoms with van der Waals surface area (Å²) in [5.41, 5.74) is 10.4. The number of primary amides is 2. The molecule has 114 valence electrons. The van der Waals surface area contributed by atoms with Crippen molar-refractivity contribution in [1.82, 2.24) is 9.97 Å². The number of carbonyl (C=O) groups is 2. The number of carbonyl (C=O) groups excluding carboxylic acids is 2. The number of nitrogens with zero attached hydrogens (tertiary/aromatic N) is 3. The highest BCUT2D eigenvalue weighted by molar-refractivity contribution is 5.84. The number of anilines is 2. The predicted molar refractivity (Wildman–Crippen MR) is 78.8 cm³/mol. The Bertz CT molecular complexity index is 527. The molecule has 2 amide bonds. The average molecular weight is 292 g/mol. The van der Waals surface area contributed by atoms with E-state index in [4.69, 9.17) is 11.5 Å². The van der Waals surface area contributed by atoms with Crippen LogP contribution in [-0.2, 0) is 9.59 Å². The standard InChI is InChI=1S/C13H20N6O2/c1-2-16-11-5-12(18-13(17-11)8-3-4-8)19(6-9(14)20)7-10(15)21/h5,8H,2-4,6-7H2,1H3,(H2,14,20)(H2,15,21)(H,16,17,18). The summed E-state index contributed by atoms with van der Waals surface area (Å²) < 4.78 is 0. The zero-order valence-electron chi connectivity index (χ0n) is 12.0. The summed E-state index contributed by atoms with van der Waals surface area (Å²) in [5, 5.41) is 3.12. The molecule has 0 saturated heterocycles. The topological polar surface area (TPSA) is 127 Å². The Morgan fingerprint density at radius 3 is 2.38 bits per heavy atom. The van der Waals surface area contributed by atoms with E-state index < -0.39 is 11.8 Å². The second-order valence-corrected chi connectivity index (χ2v) is 5.06. The Kier molecular flexibility index (Phi) is 4.56. The number of hydrogen-bond donors (Lipinski definition) is 3. The molecule has 1 fully saturated rings. The lowest BCUT2D eigenvalue weighted by atomic mass is 10.3. The predicted octanol–water partition coefficient (Wildman–Crippen LogP) is -0.437. The smallest absolute Gasteiger partial charge is 0.237 e. The maximum Gasteiger partial charge on any atom is 0.237 e. The van der Waals surface area contributed by atoms with Gasteiger partial charge in [0.2, 0.25) is 11.8 Å². The van der Waals surface area contributed by atoms with Gasteiger partial charge >= 0.3 is 0 Å². The van der Waals surface area contributed by atoms with E-state index in [9.17, 15) is 9.59 Å². The highest BCUT2D eigenvalue weighted by atomic mass is 16.2. The van der Waals surface area contributed by atoms with Crippen molar-refractivity contribution in [1.29, 1.82) is 0 Å². The third-order valence-electron chi connectivity index (χ3n) is 3.05. The lowest BCUT2D eigenvalue weighted by molar-refractivity contribution is -0.117. The molecule has 1 aliphatic carbocycles. The van der Waals surface area contributed by atoms with Crippen LogP contribution in [0.5, 0.6) is 0 Å². The fourth-order valence-corrected chi connectivity index (χ4v) is 2.00. The van der Waals surface area contributed by atoms with Crippen molar-refractivity contribution in [2.75, 3.05) is 29.9 Å². The van der Waals surface area contributed by atoms with Crippen molar-refractivity contribution < 1.29 is 9.59 Å². The van der Waals surface area contributed by atoms with Crippen LogP contribution in [0.15, 0.2) is 6.07 Å². The second-order valence-electron chi connectivity index (χ2n) is 5.06. The molecule has 1 heterocycles. The molecule has 0 bridgehead atoms. The SMILES string of the molecule is CCNc1cc(N(CC(N)=O)CC(N)=O)nc(C2CC2)n1. The molecule has 0 radical (unpaired) electrons. The molecule has 2 rings (SSSR count). The molecule has 1 saturated carbocycles. The lowest BCUT2D eigenvalue weighted by Gasteiger charge is -2.21. The van der Waals surface area contributed by atoms with Crippen LogP contribution in [0, 0.1) is 0 Å². The minimum Gasteiger partial charge on any atom is -0.370 e. The maximum absolute atomic E-state index is 11.2. The molecule has 21 heavy (non-hydrogen) atoms. The van der Waals surface area contributed by atoms with Gasteiger partial charge in [-0.1, -0.05) is 0 Å². The molecule has 1 aromatic heterocycles. The van der Waals surface area contributed by atoms with Crippen LogP contribution < -0.4 is 21.7 Å². The van der Waals surface area contributed by atoms with Gasteiger partial charge in [0.15, 0.2) is 0 Å². The fourth-order valence-electron chi connectivity index (χ4n) is 2.00. The molecule has 5 N–H and O–H groups in total. The zero-order chi connectivity index (χ0) is 15.4. The van der Waals surface area contributed by atoms with Crippen molar-refractivity contribution in [3.05, 3.63) is 11.9 Å². The first-order valence-electron chi connectivity index (χ1n) is 6.94. The Morgan fingerprint density at radius 1 is 1.29 bits per heavy atom. The van der Waals surface area contributed by atoms with Crippen molar-refractivity contribution in [3.63, 3.8) is 0 Å². The third kappa shape index (κ3) is 4.30. The largest absolute Gasteiger partial charge is 0.370 e. The summed E-state index contributed by atoms with van der Waals surface area (Å²) in [6.07, 6.45) is 2.11. The van der Waals surface area contributed by atoms with Crippen molar-refractivity contribution in [2.24, 2.45) is 11.5 Å². The van der Waals surface area contributed by atoms with Crippen LogP contribution in [0.1, 0.15) is 31.5 Å². The van der Waals surface area contributed by atoms with Gasteiger partial charge in [0, 0.05) is 18.5 Å². The van der Waals surface area contributed by atoms with E-state index in [1.165, 1.54) is 4.90 Å². The normalized spacial score (nSPS) is 13.8. The van der Waals surface area contributed by atoms with E-state index in [-0.39, 0.29) is 13.1 Å². The monoisotopic (exact) mass is 292 g/mol. The Labute approximate surface area is 122 Å². The molecule has 8 nitrogen and oxygen atoms in total. The number of amides is 2. The summed E-state index contributed by atoms with van der Waals surface area (Å²) in [7, 11) is 0. The minimum absolute atomic E-state index is 0.115. The van der Waals surface area contributed by atoms with Crippen molar-refractivity contribution in [3.8, 4) is 0 Å². The third-order valence-corrected chi connectivity index (χ3v) is 3.05. The number of hydrogen-bond acceptors (Lipinski definition) is 6. The Hall–Kier alpha value is -2.38. The van der Waals surface area contributed by atoms with Gasteiger partial charge in [-0.15, -0.1) is 0 Å². The first-order chi connectivity index (χ1) is 9.99. The summed E-state index contributed by atoms with van der Waals surface area (Å²) >= 11 is 0. The van der Waals surface area contributed by atoms with Gasteiger partial charge in [-0.2, -0.15) is 0 Å². The second kappa shape index (κ2) is 6.38. The number of aromatic nitrogens is 2. The summed E-state index contributed by atoms with van der Waals surface area (Å²) in [6, 6.07) is 1.70. The summed E-state index contributed by atoms with van der Waals surface area (Å²) in [5.74, 6) is 1.14. The van der Waals surface area contributed by atoms with Gasteiger partial charge in [0.05, 0.1) is 13.1 Å². The van der Waals surface area contributed by atoms with Crippen LogP contribution in [0.3, 0.4) is 0 Å². The molecule has 0 atom stereocenters. The molecule has 0 aliphatic heterocycles. The quantitative estimate of drug-likeness (QED) is 0.596. The zero-order valence-corrected chi connectivity index (χ0v) is 12.0. The highest BCUT2D eigenvalue weighted by Gasteiger charge is 2.28. The van der Waals surface area contributed by atoms with Crippen molar-refractivity contribution >= 4 is 23.5 Å². The van der Waals surface area contributed by atoms with Gasteiger partial charge in [0.1, 0.15) is 17.5 Å². The average Bonchev–Trinajstić information content (AvgIpc) is 3.21. The van der Waals surface area contributed by atoms with E-state index in [0.29, 0.717) is 24.1 Å².